The van der Waals surface area contributed by atoms with Crippen LogP contribution in [0.25, 0.3) is 0 Å². The Balaban J connectivity index is 1.55. The first-order valence-corrected chi connectivity index (χ1v) is 6.84. The van der Waals surface area contributed by atoms with Crippen molar-refractivity contribution in [2.45, 2.75) is 62.6 Å². The number of hydrogen-bond donors (Lipinski definition) is 1. The predicted molar refractivity (Wildman–Crippen MR) is 62.5 cm³/mol. The maximum atomic E-state index is 5.96. The highest BCUT2D eigenvalue weighted by molar-refractivity contribution is 4.94. The summed E-state index contributed by atoms with van der Waals surface area (Å²) >= 11 is 0. The second kappa shape index (κ2) is 4.63. The van der Waals surface area contributed by atoms with E-state index in [0.29, 0.717) is 6.04 Å². The zero-order chi connectivity index (χ0) is 10.8. The summed E-state index contributed by atoms with van der Waals surface area (Å²) in [5.41, 5.74) is 0.0640. The molecule has 1 spiro atoms. The molecule has 3 heteroatoms. The van der Waals surface area contributed by atoms with E-state index in [0.717, 1.165) is 38.7 Å². The fourth-order valence-corrected chi connectivity index (χ4v) is 3.46. The van der Waals surface area contributed by atoms with Gasteiger partial charge in [0, 0.05) is 31.7 Å². The molecule has 2 unspecified atom stereocenters. The Bertz CT molecular complexity index is 232. The van der Waals surface area contributed by atoms with Gasteiger partial charge < -0.3 is 14.8 Å². The first-order chi connectivity index (χ1) is 7.86. The lowest BCUT2D eigenvalue weighted by molar-refractivity contribution is -0.0902. The van der Waals surface area contributed by atoms with E-state index in [2.05, 4.69) is 5.32 Å². The molecule has 1 saturated carbocycles. The van der Waals surface area contributed by atoms with Gasteiger partial charge in [-0.2, -0.15) is 0 Å². The molecule has 2 saturated heterocycles. The van der Waals surface area contributed by atoms with Gasteiger partial charge in [-0.15, -0.1) is 0 Å². The third-order valence-electron chi connectivity index (χ3n) is 4.39. The van der Waals surface area contributed by atoms with Gasteiger partial charge in [0.15, 0.2) is 0 Å². The summed E-state index contributed by atoms with van der Waals surface area (Å²) in [4.78, 5) is 0. The van der Waals surface area contributed by atoms with Crippen molar-refractivity contribution in [3.8, 4) is 0 Å². The normalized spacial score (nSPS) is 40.9. The van der Waals surface area contributed by atoms with Gasteiger partial charge in [0.1, 0.15) is 0 Å². The van der Waals surface area contributed by atoms with E-state index < -0.39 is 0 Å². The molecule has 1 N–H and O–H groups in total. The number of nitrogens with one attached hydrogen (secondary N) is 1. The monoisotopic (exact) mass is 225 g/mol. The maximum absolute atomic E-state index is 5.96. The van der Waals surface area contributed by atoms with E-state index in [-0.39, 0.29) is 5.60 Å². The molecule has 3 nitrogen and oxygen atoms in total. The van der Waals surface area contributed by atoms with E-state index in [1.807, 2.05) is 0 Å². The minimum absolute atomic E-state index is 0.0640. The SMILES string of the molecule is C1CCC(NC2CCOC3(CCOC3)C2)C1. The summed E-state index contributed by atoms with van der Waals surface area (Å²) < 4.78 is 11.5. The highest BCUT2D eigenvalue weighted by atomic mass is 16.6. The molecule has 3 aliphatic rings. The molecule has 0 amide bonds. The number of rotatable bonds is 2. The molecule has 0 aromatic heterocycles. The van der Waals surface area contributed by atoms with Gasteiger partial charge in [0.2, 0.25) is 0 Å². The van der Waals surface area contributed by atoms with Crippen molar-refractivity contribution in [3.05, 3.63) is 0 Å². The standard InChI is InChI=1S/C13H23NO2/c1-2-4-11(3-1)14-12-5-7-16-13(9-12)6-8-15-10-13/h11-12,14H,1-10H2. The van der Waals surface area contributed by atoms with Crippen molar-refractivity contribution in [2.75, 3.05) is 19.8 Å². The first-order valence-electron chi connectivity index (χ1n) is 6.84. The van der Waals surface area contributed by atoms with Crippen molar-refractivity contribution in [3.63, 3.8) is 0 Å². The van der Waals surface area contributed by atoms with Crippen LogP contribution in [-0.4, -0.2) is 37.5 Å². The van der Waals surface area contributed by atoms with Crippen LogP contribution < -0.4 is 5.32 Å². The van der Waals surface area contributed by atoms with Crippen LogP contribution in [0, 0.1) is 0 Å². The van der Waals surface area contributed by atoms with Crippen LogP contribution in [-0.2, 0) is 9.47 Å². The highest BCUT2D eigenvalue weighted by Gasteiger charge is 2.41. The Morgan fingerprint density at radius 3 is 2.62 bits per heavy atom. The van der Waals surface area contributed by atoms with Gasteiger partial charge in [-0.05, 0) is 25.7 Å². The van der Waals surface area contributed by atoms with Gasteiger partial charge >= 0.3 is 0 Å². The molecule has 0 radical (unpaired) electrons. The Morgan fingerprint density at radius 1 is 1.00 bits per heavy atom. The Hall–Kier alpha value is -0.120. The highest BCUT2D eigenvalue weighted by Crippen LogP contribution is 2.33. The van der Waals surface area contributed by atoms with Crippen LogP contribution in [0.1, 0.15) is 44.9 Å². The molecule has 0 bridgehead atoms. The van der Waals surface area contributed by atoms with Crippen LogP contribution in [0.5, 0.6) is 0 Å². The summed E-state index contributed by atoms with van der Waals surface area (Å²) in [6, 6.07) is 1.45. The molecule has 3 rings (SSSR count). The quantitative estimate of drug-likeness (QED) is 0.778. The first kappa shape index (κ1) is 11.0. The lowest BCUT2D eigenvalue weighted by Crippen LogP contribution is -2.49. The summed E-state index contributed by atoms with van der Waals surface area (Å²) in [6.45, 7) is 2.61. The van der Waals surface area contributed by atoms with Gasteiger partial charge in [0.05, 0.1) is 12.2 Å². The molecule has 3 fully saturated rings. The third-order valence-corrected chi connectivity index (χ3v) is 4.39. The molecule has 92 valence electrons. The van der Waals surface area contributed by atoms with Crippen LogP contribution in [0.3, 0.4) is 0 Å². The van der Waals surface area contributed by atoms with E-state index >= 15 is 0 Å². The molecule has 2 heterocycles. The molecular formula is C13H23NO2. The van der Waals surface area contributed by atoms with Crippen LogP contribution in [0.2, 0.25) is 0 Å². The van der Waals surface area contributed by atoms with Gasteiger partial charge in [-0.1, -0.05) is 12.8 Å². The van der Waals surface area contributed by atoms with Gasteiger partial charge in [-0.25, -0.2) is 0 Å². The minimum Gasteiger partial charge on any atom is -0.378 e. The second-order valence-electron chi connectivity index (χ2n) is 5.67. The van der Waals surface area contributed by atoms with E-state index in [1.165, 1.54) is 32.1 Å². The average molecular weight is 225 g/mol. The number of hydrogen-bond acceptors (Lipinski definition) is 3. The van der Waals surface area contributed by atoms with Gasteiger partial charge in [-0.3, -0.25) is 0 Å². The molecular weight excluding hydrogens is 202 g/mol. The molecule has 0 aromatic carbocycles. The molecule has 2 atom stereocenters. The van der Waals surface area contributed by atoms with Crippen molar-refractivity contribution in [1.82, 2.24) is 5.32 Å². The van der Waals surface area contributed by atoms with E-state index in [1.54, 1.807) is 0 Å². The molecule has 1 aliphatic carbocycles. The number of ether oxygens (including phenoxy) is 2. The molecule has 16 heavy (non-hydrogen) atoms. The van der Waals surface area contributed by atoms with Gasteiger partial charge in [0.25, 0.3) is 0 Å². The smallest absolute Gasteiger partial charge is 0.0951 e. The topological polar surface area (TPSA) is 30.5 Å². The Kier molecular flexibility index (Phi) is 3.18. The zero-order valence-corrected chi connectivity index (χ0v) is 10.0. The third kappa shape index (κ3) is 2.27. The summed E-state index contributed by atoms with van der Waals surface area (Å²) in [5.74, 6) is 0. The molecule has 2 aliphatic heterocycles. The minimum atomic E-state index is 0.0640. The van der Waals surface area contributed by atoms with Crippen LogP contribution >= 0.6 is 0 Å². The van der Waals surface area contributed by atoms with Crippen molar-refractivity contribution < 1.29 is 9.47 Å². The van der Waals surface area contributed by atoms with E-state index in [4.69, 9.17) is 9.47 Å². The molecule has 0 aromatic rings. The predicted octanol–water partition coefficient (Wildman–Crippen LogP) is 1.86. The largest absolute Gasteiger partial charge is 0.378 e. The Labute approximate surface area is 97.9 Å². The fourth-order valence-electron chi connectivity index (χ4n) is 3.46. The second-order valence-corrected chi connectivity index (χ2v) is 5.67. The summed E-state index contributed by atoms with van der Waals surface area (Å²) in [7, 11) is 0. The summed E-state index contributed by atoms with van der Waals surface area (Å²) in [6.07, 6.45) is 9.00. The van der Waals surface area contributed by atoms with Crippen LogP contribution in [0.4, 0.5) is 0 Å². The van der Waals surface area contributed by atoms with E-state index in [9.17, 15) is 0 Å². The van der Waals surface area contributed by atoms with Crippen LogP contribution in [0.15, 0.2) is 0 Å². The summed E-state index contributed by atoms with van der Waals surface area (Å²) in [5, 5.41) is 3.83. The maximum Gasteiger partial charge on any atom is 0.0951 e. The van der Waals surface area contributed by atoms with Crippen molar-refractivity contribution in [1.29, 1.82) is 0 Å². The lowest BCUT2D eigenvalue weighted by atomic mass is 9.89. The van der Waals surface area contributed by atoms with Crippen molar-refractivity contribution in [2.24, 2.45) is 0 Å². The Morgan fingerprint density at radius 2 is 1.88 bits per heavy atom. The zero-order valence-electron chi connectivity index (χ0n) is 10.0. The average Bonchev–Trinajstić information content (AvgIpc) is 2.91. The fraction of sp³-hybridized carbons (Fsp3) is 1.00. The van der Waals surface area contributed by atoms with Crippen molar-refractivity contribution >= 4 is 0 Å². The lowest BCUT2D eigenvalue weighted by Gasteiger charge is -2.38.